The maximum absolute atomic E-state index is 11.3. The summed E-state index contributed by atoms with van der Waals surface area (Å²) in [5.74, 6) is -2.22. The molecule has 0 atom stereocenters. The van der Waals surface area contributed by atoms with Gasteiger partial charge in [-0.05, 0) is 36.4 Å². The first kappa shape index (κ1) is 12.1. The highest BCUT2D eigenvalue weighted by atomic mass is 16.4. The van der Waals surface area contributed by atoms with Crippen LogP contribution < -0.4 is 0 Å². The van der Waals surface area contributed by atoms with E-state index in [0.29, 0.717) is 16.3 Å². The molecule has 2 aromatic rings. The number of carbonyl (C=O) groups is 2. The maximum Gasteiger partial charge on any atom is 0.336 e. The van der Waals surface area contributed by atoms with Gasteiger partial charge in [-0.15, -0.1) is 0 Å². The molecule has 0 aliphatic carbocycles. The largest absolute Gasteiger partial charge is 0.478 e. The second-order valence-corrected chi connectivity index (χ2v) is 4.22. The van der Waals surface area contributed by atoms with Crippen molar-refractivity contribution in [2.75, 3.05) is 0 Å². The van der Waals surface area contributed by atoms with Crippen LogP contribution >= 0.6 is 0 Å². The van der Waals surface area contributed by atoms with E-state index in [1.165, 1.54) is 6.07 Å². The zero-order valence-electron chi connectivity index (χ0n) is 10.0. The van der Waals surface area contributed by atoms with Crippen molar-refractivity contribution in [3.8, 4) is 0 Å². The number of aryl methyl sites for hydroxylation is 2. The molecule has 0 aliphatic heterocycles. The number of hydrogen-bond donors (Lipinski definition) is 2. The zero-order valence-corrected chi connectivity index (χ0v) is 10.0. The van der Waals surface area contributed by atoms with Gasteiger partial charge in [-0.3, -0.25) is 0 Å². The monoisotopic (exact) mass is 244 g/mol. The summed E-state index contributed by atoms with van der Waals surface area (Å²) in [5.41, 5.74) is 1.51. The molecule has 0 unspecified atom stereocenters. The normalized spacial score (nSPS) is 10.6. The topological polar surface area (TPSA) is 74.6 Å². The third-order valence-electron chi connectivity index (χ3n) is 3.05. The van der Waals surface area contributed by atoms with Gasteiger partial charge in [0.05, 0.1) is 11.1 Å². The van der Waals surface area contributed by atoms with Crippen molar-refractivity contribution in [2.45, 2.75) is 13.8 Å². The molecule has 2 N–H and O–H groups in total. The minimum atomic E-state index is -1.12. The summed E-state index contributed by atoms with van der Waals surface area (Å²) in [6.45, 7) is 3.49. The van der Waals surface area contributed by atoms with Crippen LogP contribution in [0.3, 0.4) is 0 Å². The maximum atomic E-state index is 11.3. The molecule has 0 fully saturated rings. The smallest absolute Gasteiger partial charge is 0.336 e. The molecular weight excluding hydrogens is 232 g/mol. The number of benzene rings is 2. The quantitative estimate of drug-likeness (QED) is 0.851. The summed E-state index contributed by atoms with van der Waals surface area (Å²) in [5, 5.41) is 19.4. The average Bonchev–Trinajstić information content (AvgIpc) is 2.27. The zero-order chi connectivity index (χ0) is 13.4. The van der Waals surface area contributed by atoms with Crippen LogP contribution in [0.4, 0.5) is 0 Å². The second-order valence-electron chi connectivity index (χ2n) is 4.22. The van der Waals surface area contributed by atoms with E-state index in [-0.39, 0.29) is 11.1 Å². The number of carboxylic acids is 2. The van der Waals surface area contributed by atoms with Crippen molar-refractivity contribution < 1.29 is 19.8 Å². The number of carboxylic acid groups (broad SMARTS) is 2. The van der Waals surface area contributed by atoms with Crippen LogP contribution in [0.25, 0.3) is 10.8 Å². The molecule has 0 amide bonds. The molecule has 0 saturated heterocycles. The van der Waals surface area contributed by atoms with Crippen molar-refractivity contribution in [3.05, 3.63) is 46.5 Å². The SMILES string of the molecule is Cc1ccc2c(C)ccc(C(=O)O)c2c1C(=O)O. The van der Waals surface area contributed by atoms with Crippen LogP contribution in [0.15, 0.2) is 24.3 Å². The van der Waals surface area contributed by atoms with Crippen LogP contribution in [0.5, 0.6) is 0 Å². The van der Waals surface area contributed by atoms with Gasteiger partial charge in [0.2, 0.25) is 0 Å². The van der Waals surface area contributed by atoms with E-state index >= 15 is 0 Å². The van der Waals surface area contributed by atoms with Gasteiger partial charge in [0.1, 0.15) is 0 Å². The molecule has 0 saturated carbocycles. The van der Waals surface area contributed by atoms with Crippen LogP contribution in [0, 0.1) is 13.8 Å². The van der Waals surface area contributed by atoms with Gasteiger partial charge in [-0.2, -0.15) is 0 Å². The first-order chi connectivity index (χ1) is 8.43. The van der Waals surface area contributed by atoms with Crippen molar-refractivity contribution in [1.29, 1.82) is 0 Å². The van der Waals surface area contributed by atoms with E-state index in [9.17, 15) is 19.8 Å². The Hall–Kier alpha value is -2.36. The van der Waals surface area contributed by atoms with Gasteiger partial charge >= 0.3 is 11.9 Å². The van der Waals surface area contributed by atoms with E-state index < -0.39 is 11.9 Å². The van der Waals surface area contributed by atoms with E-state index in [1.54, 1.807) is 25.1 Å². The Labute approximate surface area is 103 Å². The third kappa shape index (κ3) is 1.72. The number of fused-ring (bicyclic) bond motifs is 1. The molecule has 4 nitrogen and oxygen atoms in total. The summed E-state index contributed by atoms with van der Waals surface area (Å²) in [4.78, 5) is 22.5. The van der Waals surface area contributed by atoms with E-state index in [4.69, 9.17) is 0 Å². The van der Waals surface area contributed by atoms with Crippen molar-refractivity contribution >= 4 is 22.7 Å². The molecular formula is C14H12O4. The Morgan fingerprint density at radius 3 is 2.06 bits per heavy atom. The summed E-state index contributed by atoms with van der Waals surface area (Å²) in [6, 6.07) is 6.60. The average molecular weight is 244 g/mol. The van der Waals surface area contributed by atoms with Gasteiger partial charge in [0.15, 0.2) is 0 Å². The van der Waals surface area contributed by atoms with Crippen LogP contribution in [0.2, 0.25) is 0 Å². The molecule has 0 spiro atoms. The highest BCUT2D eigenvalue weighted by Gasteiger charge is 2.19. The molecule has 0 heterocycles. The minimum Gasteiger partial charge on any atom is -0.478 e. The molecule has 2 rings (SSSR count). The van der Waals surface area contributed by atoms with E-state index in [1.807, 2.05) is 6.92 Å². The first-order valence-corrected chi connectivity index (χ1v) is 5.43. The fourth-order valence-corrected chi connectivity index (χ4v) is 2.15. The lowest BCUT2D eigenvalue weighted by molar-refractivity contribution is 0.0695. The molecule has 0 bridgehead atoms. The van der Waals surface area contributed by atoms with E-state index in [0.717, 1.165) is 5.56 Å². The van der Waals surface area contributed by atoms with E-state index in [2.05, 4.69) is 0 Å². The van der Waals surface area contributed by atoms with Gasteiger partial charge in [-0.25, -0.2) is 9.59 Å². The van der Waals surface area contributed by atoms with Gasteiger partial charge < -0.3 is 10.2 Å². The van der Waals surface area contributed by atoms with Gasteiger partial charge in [0, 0.05) is 5.39 Å². The second kappa shape index (κ2) is 4.14. The Balaban J connectivity index is 3.06. The summed E-state index contributed by atoms with van der Waals surface area (Å²) in [7, 11) is 0. The molecule has 92 valence electrons. The predicted molar refractivity (Wildman–Crippen MR) is 67.3 cm³/mol. The lowest BCUT2D eigenvalue weighted by Gasteiger charge is -2.11. The summed E-state index contributed by atoms with van der Waals surface area (Å²) < 4.78 is 0. The van der Waals surface area contributed by atoms with Crippen molar-refractivity contribution in [2.24, 2.45) is 0 Å². The number of rotatable bonds is 2. The molecule has 18 heavy (non-hydrogen) atoms. The summed E-state index contributed by atoms with van der Waals surface area (Å²) in [6.07, 6.45) is 0. The fraction of sp³-hybridized carbons (Fsp3) is 0.143. The third-order valence-corrected chi connectivity index (χ3v) is 3.05. The Bertz CT molecular complexity index is 671. The van der Waals surface area contributed by atoms with Crippen LogP contribution in [0.1, 0.15) is 31.8 Å². The molecule has 4 heteroatoms. The Morgan fingerprint density at radius 2 is 1.50 bits per heavy atom. The highest BCUT2D eigenvalue weighted by Crippen LogP contribution is 2.28. The Kier molecular flexibility index (Phi) is 2.79. The van der Waals surface area contributed by atoms with Crippen molar-refractivity contribution in [1.82, 2.24) is 0 Å². The van der Waals surface area contributed by atoms with Crippen LogP contribution in [-0.4, -0.2) is 22.2 Å². The first-order valence-electron chi connectivity index (χ1n) is 5.43. The number of aromatic carboxylic acids is 2. The molecule has 0 aromatic heterocycles. The van der Waals surface area contributed by atoms with Gasteiger partial charge in [-0.1, -0.05) is 18.2 Å². The lowest BCUT2D eigenvalue weighted by Crippen LogP contribution is -2.06. The van der Waals surface area contributed by atoms with Gasteiger partial charge in [0.25, 0.3) is 0 Å². The predicted octanol–water partition coefficient (Wildman–Crippen LogP) is 2.85. The summed E-state index contributed by atoms with van der Waals surface area (Å²) >= 11 is 0. The highest BCUT2D eigenvalue weighted by molar-refractivity contribution is 6.14. The Morgan fingerprint density at radius 1 is 0.889 bits per heavy atom. The fourth-order valence-electron chi connectivity index (χ4n) is 2.15. The molecule has 2 aromatic carbocycles. The molecule has 0 aliphatic rings. The van der Waals surface area contributed by atoms with Crippen molar-refractivity contribution in [3.63, 3.8) is 0 Å². The minimum absolute atomic E-state index is 0.0247. The lowest BCUT2D eigenvalue weighted by atomic mass is 9.93. The van der Waals surface area contributed by atoms with Crippen LogP contribution in [-0.2, 0) is 0 Å². The molecule has 0 radical (unpaired) electrons. The number of hydrogen-bond acceptors (Lipinski definition) is 2. The standard InChI is InChI=1S/C14H12O4/c1-7-3-6-10(13(15)16)12-9(7)5-4-8(2)11(12)14(17)18/h3-6H,1-2H3,(H,15,16)(H,17,18).